The van der Waals surface area contributed by atoms with Crippen molar-refractivity contribution >= 4 is 45.8 Å². The summed E-state index contributed by atoms with van der Waals surface area (Å²) in [6.45, 7) is 4.63. The number of hydrogen-bond donors (Lipinski definition) is 3. The molecule has 0 aliphatic carbocycles. The minimum Gasteiger partial charge on any atom is -0.383 e. The molecule has 1 amide bonds. The minimum atomic E-state index is -0.206. The third-order valence-corrected chi connectivity index (χ3v) is 6.63. The van der Waals surface area contributed by atoms with Gasteiger partial charge in [0.1, 0.15) is 11.6 Å². The number of rotatable bonds is 8. The highest BCUT2D eigenvalue weighted by atomic mass is 16.1. The van der Waals surface area contributed by atoms with Gasteiger partial charge in [-0.3, -0.25) is 9.78 Å². The van der Waals surface area contributed by atoms with Crippen LogP contribution in [-0.4, -0.2) is 89.5 Å². The Labute approximate surface area is 233 Å². The quantitative estimate of drug-likeness (QED) is 0.288. The summed E-state index contributed by atoms with van der Waals surface area (Å²) in [6, 6.07) is 13.2. The predicted molar refractivity (Wildman–Crippen MR) is 161 cm³/mol. The van der Waals surface area contributed by atoms with Gasteiger partial charge in [-0.25, -0.2) is 9.97 Å². The van der Waals surface area contributed by atoms with Gasteiger partial charge in [0.2, 0.25) is 11.9 Å². The van der Waals surface area contributed by atoms with Crippen LogP contribution in [0.2, 0.25) is 0 Å². The van der Waals surface area contributed by atoms with Gasteiger partial charge in [-0.05, 0) is 51.5 Å². The summed E-state index contributed by atoms with van der Waals surface area (Å²) >= 11 is 0. The third-order valence-electron chi connectivity index (χ3n) is 6.63. The Morgan fingerprint density at radius 3 is 2.62 bits per heavy atom. The van der Waals surface area contributed by atoms with Crippen molar-refractivity contribution in [3.05, 3.63) is 67.0 Å². The Balaban J connectivity index is 1.37. The van der Waals surface area contributed by atoms with Crippen molar-refractivity contribution in [1.82, 2.24) is 29.7 Å². The van der Waals surface area contributed by atoms with Crippen molar-refractivity contribution in [2.75, 3.05) is 75.1 Å². The number of nitrogens with zero attached hydrogens (tertiary/aromatic N) is 7. The molecule has 0 saturated carbocycles. The number of anilines is 5. The van der Waals surface area contributed by atoms with Crippen LogP contribution in [0.25, 0.3) is 22.2 Å². The van der Waals surface area contributed by atoms with E-state index in [1.165, 1.54) is 6.08 Å². The molecule has 1 aromatic carbocycles. The smallest absolute Gasteiger partial charge is 0.248 e. The highest BCUT2D eigenvalue weighted by molar-refractivity contribution is 6.01. The fourth-order valence-electron chi connectivity index (χ4n) is 4.46. The van der Waals surface area contributed by atoms with Gasteiger partial charge in [-0.15, -0.1) is 0 Å². The summed E-state index contributed by atoms with van der Waals surface area (Å²) in [5, 5.41) is 6.85. The van der Waals surface area contributed by atoms with E-state index in [4.69, 9.17) is 10.7 Å². The van der Waals surface area contributed by atoms with E-state index in [0.29, 0.717) is 35.2 Å². The molecular weight excluding hydrogens is 504 g/mol. The van der Waals surface area contributed by atoms with Crippen molar-refractivity contribution in [2.24, 2.45) is 0 Å². The first-order valence-electron chi connectivity index (χ1n) is 13.2. The number of piperazine rings is 1. The number of benzene rings is 1. The van der Waals surface area contributed by atoms with Gasteiger partial charge in [0.05, 0.1) is 23.1 Å². The summed E-state index contributed by atoms with van der Waals surface area (Å²) in [5.74, 6) is 1.46. The average molecular weight is 539 g/mol. The molecule has 0 spiro atoms. The monoisotopic (exact) mass is 538 g/mol. The normalized spacial score (nSPS) is 14.2. The van der Waals surface area contributed by atoms with Gasteiger partial charge in [0.25, 0.3) is 0 Å². The number of para-hydroxylation sites is 1. The molecule has 40 heavy (non-hydrogen) atoms. The van der Waals surface area contributed by atoms with Crippen LogP contribution in [0.1, 0.15) is 0 Å². The number of nitrogens with two attached hydrogens (primary N) is 1. The molecule has 11 heteroatoms. The Bertz CT molecular complexity index is 1510. The first-order valence-corrected chi connectivity index (χ1v) is 13.2. The number of fused-ring (bicyclic) bond motifs is 1. The van der Waals surface area contributed by atoms with Crippen LogP contribution in [0.5, 0.6) is 0 Å². The van der Waals surface area contributed by atoms with Gasteiger partial charge in [-0.2, -0.15) is 4.98 Å². The fraction of sp³-hybridized carbons (Fsp3) is 0.276. The van der Waals surface area contributed by atoms with Crippen molar-refractivity contribution in [1.29, 1.82) is 0 Å². The van der Waals surface area contributed by atoms with Crippen LogP contribution in [0.4, 0.5) is 29.0 Å². The summed E-state index contributed by atoms with van der Waals surface area (Å²) in [7, 11) is 6.02. The molecule has 11 nitrogen and oxygen atoms in total. The molecule has 0 unspecified atom stereocenters. The zero-order chi connectivity index (χ0) is 28.1. The Morgan fingerprint density at radius 2 is 1.88 bits per heavy atom. The lowest BCUT2D eigenvalue weighted by Gasteiger charge is -2.33. The standard InChI is InChI=1S/C29H34N10O/c1-37(2)13-5-8-26(40)33-20-11-12-31-24(18-20)22-6-4-7-23-27(22)35-29(36-28(23)30)34-21-9-10-25(32-19-21)39-16-14-38(3)15-17-39/h4-12,18-19H,13-17H2,1-3H3,(H,31,33,40)(H3,30,34,35,36)/b8-5+. The molecule has 5 rings (SSSR count). The van der Waals surface area contributed by atoms with E-state index >= 15 is 0 Å². The molecule has 0 atom stereocenters. The molecule has 1 aliphatic rings. The third kappa shape index (κ3) is 6.50. The van der Waals surface area contributed by atoms with Crippen LogP contribution in [0, 0.1) is 0 Å². The second-order valence-electron chi connectivity index (χ2n) is 10.0. The van der Waals surface area contributed by atoms with Gasteiger partial charge < -0.3 is 31.1 Å². The minimum absolute atomic E-state index is 0.206. The molecule has 4 N–H and O–H groups in total. The first kappa shape index (κ1) is 27.0. The van der Waals surface area contributed by atoms with E-state index in [2.05, 4.69) is 42.4 Å². The zero-order valence-corrected chi connectivity index (χ0v) is 23.0. The number of pyridine rings is 2. The molecule has 1 saturated heterocycles. The largest absolute Gasteiger partial charge is 0.383 e. The van der Waals surface area contributed by atoms with Crippen LogP contribution in [0.15, 0.2) is 67.0 Å². The molecule has 206 valence electrons. The van der Waals surface area contributed by atoms with E-state index in [-0.39, 0.29) is 5.91 Å². The van der Waals surface area contributed by atoms with Gasteiger partial charge in [0.15, 0.2) is 0 Å². The van der Waals surface area contributed by atoms with Gasteiger partial charge in [0, 0.05) is 61.6 Å². The molecule has 0 bridgehead atoms. The number of amides is 1. The van der Waals surface area contributed by atoms with Gasteiger partial charge >= 0.3 is 0 Å². The van der Waals surface area contributed by atoms with Gasteiger partial charge in [-0.1, -0.05) is 18.2 Å². The summed E-state index contributed by atoms with van der Waals surface area (Å²) in [5.41, 5.74) is 9.83. The maximum Gasteiger partial charge on any atom is 0.248 e. The number of nitrogens with one attached hydrogen (secondary N) is 2. The van der Waals surface area contributed by atoms with E-state index in [0.717, 1.165) is 48.6 Å². The second kappa shape index (κ2) is 12.1. The van der Waals surface area contributed by atoms with Crippen LogP contribution in [-0.2, 0) is 4.79 Å². The van der Waals surface area contributed by atoms with E-state index in [9.17, 15) is 4.79 Å². The van der Waals surface area contributed by atoms with Crippen molar-refractivity contribution in [2.45, 2.75) is 0 Å². The van der Waals surface area contributed by atoms with Crippen molar-refractivity contribution < 1.29 is 4.79 Å². The lowest BCUT2D eigenvalue weighted by molar-refractivity contribution is -0.111. The maximum absolute atomic E-state index is 12.3. The molecular formula is C29H34N10O. The highest BCUT2D eigenvalue weighted by Crippen LogP contribution is 2.31. The molecule has 4 aromatic rings. The Kier molecular flexibility index (Phi) is 8.13. The average Bonchev–Trinajstić information content (AvgIpc) is 2.94. The second-order valence-corrected chi connectivity index (χ2v) is 10.0. The molecule has 3 aromatic heterocycles. The SMILES string of the molecule is CN(C)C/C=C/C(=O)Nc1ccnc(-c2cccc3c(N)nc(Nc4ccc(N5CCN(C)CC5)nc4)nc23)c1. The first-order chi connectivity index (χ1) is 19.4. The highest BCUT2D eigenvalue weighted by Gasteiger charge is 2.16. The lowest BCUT2D eigenvalue weighted by atomic mass is 10.1. The number of nitrogen functional groups attached to an aromatic ring is 1. The fourth-order valence-corrected chi connectivity index (χ4v) is 4.46. The van der Waals surface area contributed by atoms with E-state index in [1.54, 1.807) is 18.5 Å². The Hall–Kier alpha value is -4.61. The number of likely N-dealkylation sites (N-methyl/N-ethyl adjacent to an activating group) is 2. The van der Waals surface area contributed by atoms with E-state index < -0.39 is 0 Å². The predicted octanol–water partition coefficient (Wildman–Crippen LogP) is 3.22. The maximum atomic E-state index is 12.3. The molecule has 1 fully saturated rings. The topological polar surface area (TPSA) is 128 Å². The molecule has 4 heterocycles. The van der Waals surface area contributed by atoms with Crippen molar-refractivity contribution in [3.8, 4) is 11.3 Å². The summed E-state index contributed by atoms with van der Waals surface area (Å²) < 4.78 is 0. The van der Waals surface area contributed by atoms with E-state index in [1.807, 2.05) is 61.5 Å². The number of carbonyl (C=O) groups excluding carboxylic acids is 1. The number of carbonyl (C=O) groups is 1. The summed E-state index contributed by atoms with van der Waals surface area (Å²) in [4.78, 5) is 37.4. The van der Waals surface area contributed by atoms with Crippen LogP contribution >= 0.6 is 0 Å². The van der Waals surface area contributed by atoms with Crippen LogP contribution in [0.3, 0.4) is 0 Å². The zero-order valence-electron chi connectivity index (χ0n) is 23.0. The Morgan fingerprint density at radius 1 is 1.05 bits per heavy atom. The lowest BCUT2D eigenvalue weighted by Crippen LogP contribution is -2.44. The number of hydrogen-bond acceptors (Lipinski definition) is 10. The van der Waals surface area contributed by atoms with Crippen molar-refractivity contribution in [3.63, 3.8) is 0 Å². The molecule has 0 radical (unpaired) electrons. The summed E-state index contributed by atoms with van der Waals surface area (Å²) in [6.07, 6.45) is 6.77. The van der Waals surface area contributed by atoms with Crippen LogP contribution < -0.4 is 21.3 Å². The number of aromatic nitrogens is 4. The molecule has 1 aliphatic heterocycles.